The molecule has 0 saturated heterocycles. The minimum absolute atomic E-state index is 0.611. The van der Waals surface area contributed by atoms with Crippen LogP contribution >= 0.6 is 0 Å². The average Bonchev–Trinajstić information content (AvgIpc) is 2.82. The van der Waals surface area contributed by atoms with E-state index in [9.17, 15) is 0 Å². The predicted molar refractivity (Wildman–Crippen MR) is 67.3 cm³/mol. The van der Waals surface area contributed by atoms with Crippen molar-refractivity contribution < 1.29 is 0 Å². The zero-order valence-electron chi connectivity index (χ0n) is 9.04. The molecular formula is C14H9N3. The van der Waals surface area contributed by atoms with Crippen LogP contribution in [0.2, 0.25) is 0 Å². The molecule has 0 unspecified atom stereocenters. The summed E-state index contributed by atoms with van der Waals surface area (Å²) in [7, 11) is 0. The molecular weight excluding hydrogens is 210 g/mol. The monoisotopic (exact) mass is 219 g/mol. The van der Waals surface area contributed by atoms with Crippen LogP contribution in [0.1, 0.15) is 0 Å². The molecule has 0 aliphatic rings. The molecule has 0 N–H and O–H groups in total. The first-order valence-electron chi connectivity index (χ1n) is 5.30. The fraction of sp³-hybridized carbons (Fsp3) is 0. The molecule has 80 valence electrons. The van der Waals surface area contributed by atoms with Crippen LogP contribution in [0.15, 0.2) is 54.7 Å². The van der Waals surface area contributed by atoms with Crippen LogP contribution in [0.5, 0.6) is 0 Å². The second-order valence-corrected chi connectivity index (χ2v) is 3.73. The van der Waals surface area contributed by atoms with Crippen molar-refractivity contribution in [1.82, 2.24) is 9.78 Å². The Morgan fingerprint density at radius 3 is 2.59 bits per heavy atom. The number of hydrogen-bond donors (Lipinski definition) is 0. The van der Waals surface area contributed by atoms with Gasteiger partial charge in [0.05, 0.1) is 17.8 Å². The van der Waals surface area contributed by atoms with E-state index in [1.807, 2.05) is 48.7 Å². The summed E-state index contributed by atoms with van der Waals surface area (Å²) in [5.74, 6) is 0. The molecule has 0 amide bonds. The first kappa shape index (κ1) is 9.61. The summed E-state index contributed by atoms with van der Waals surface area (Å²) in [6, 6.07) is 15.4. The molecule has 2 aromatic carbocycles. The molecule has 3 aromatic rings. The fourth-order valence-electron chi connectivity index (χ4n) is 1.84. The molecule has 3 nitrogen and oxygen atoms in total. The van der Waals surface area contributed by atoms with Crippen molar-refractivity contribution in [3.05, 3.63) is 66.1 Å². The quantitative estimate of drug-likeness (QED) is 0.573. The number of aromatic nitrogens is 2. The number of para-hydroxylation sites is 2. The Morgan fingerprint density at radius 2 is 1.76 bits per heavy atom. The van der Waals surface area contributed by atoms with E-state index >= 15 is 0 Å². The summed E-state index contributed by atoms with van der Waals surface area (Å²) >= 11 is 0. The molecule has 0 atom stereocenters. The van der Waals surface area contributed by atoms with Crippen LogP contribution in [-0.2, 0) is 0 Å². The van der Waals surface area contributed by atoms with Crippen LogP contribution in [-0.4, -0.2) is 9.78 Å². The third-order valence-corrected chi connectivity index (χ3v) is 2.66. The van der Waals surface area contributed by atoms with Gasteiger partial charge in [0.25, 0.3) is 0 Å². The van der Waals surface area contributed by atoms with E-state index in [1.165, 1.54) is 0 Å². The fourth-order valence-corrected chi connectivity index (χ4v) is 1.84. The van der Waals surface area contributed by atoms with Gasteiger partial charge in [0.1, 0.15) is 0 Å². The highest BCUT2D eigenvalue weighted by Gasteiger charge is 2.05. The third kappa shape index (κ3) is 1.56. The molecule has 0 spiro atoms. The number of nitrogens with zero attached hydrogens (tertiary/aromatic N) is 3. The van der Waals surface area contributed by atoms with Crippen molar-refractivity contribution in [2.75, 3.05) is 0 Å². The van der Waals surface area contributed by atoms with E-state index in [-0.39, 0.29) is 0 Å². The van der Waals surface area contributed by atoms with E-state index in [0.29, 0.717) is 5.69 Å². The Balaban J connectivity index is 2.25. The summed E-state index contributed by atoms with van der Waals surface area (Å²) in [6.07, 6.45) is 1.94. The summed E-state index contributed by atoms with van der Waals surface area (Å²) < 4.78 is 1.76. The molecule has 0 fully saturated rings. The van der Waals surface area contributed by atoms with E-state index in [4.69, 9.17) is 6.57 Å². The smallest absolute Gasteiger partial charge is 0.212 e. The van der Waals surface area contributed by atoms with Gasteiger partial charge < -0.3 is 0 Å². The molecule has 3 heteroatoms. The van der Waals surface area contributed by atoms with Crippen molar-refractivity contribution in [2.24, 2.45) is 0 Å². The van der Waals surface area contributed by atoms with Gasteiger partial charge in [-0.25, -0.2) is 4.85 Å². The number of rotatable bonds is 1. The Bertz CT molecular complexity index is 686. The molecule has 0 radical (unpaired) electrons. The summed E-state index contributed by atoms with van der Waals surface area (Å²) in [5, 5.41) is 5.54. The molecule has 0 saturated carbocycles. The molecule has 17 heavy (non-hydrogen) atoms. The second kappa shape index (κ2) is 3.76. The molecule has 0 aliphatic carbocycles. The molecule has 0 aliphatic heterocycles. The largest absolute Gasteiger partial charge is 0.250 e. The molecule has 1 heterocycles. The standard InChI is InChI=1S/C14H9N3/c1-15-13-8-4-5-9-14(13)17-10-11-6-2-3-7-12(11)16-17/h2-10H. The lowest BCUT2D eigenvalue weighted by Crippen LogP contribution is -1.93. The van der Waals surface area contributed by atoms with Crippen LogP contribution in [0, 0.1) is 6.57 Å². The van der Waals surface area contributed by atoms with Gasteiger partial charge in [0, 0.05) is 11.6 Å². The summed E-state index contributed by atoms with van der Waals surface area (Å²) in [5.41, 5.74) is 2.37. The molecule has 1 aromatic heterocycles. The maximum absolute atomic E-state index is 7.15. The highest BCUT2D eigenvalue weighted by atomic mass is 15.3. The van der Waals surface area contributed by atoms with Crippen molar-refractivity contribution in [2.45, 2.75) is 0 Å². The van der Waals surface area contributed by atoms with Crippen molar-refractivity contribution in [3.63, 3.8) is 0 Å². The Morgan fingerprint density at radius 1 is 1.00 bits per heavy atom. The van der Waals surface area contributed by atoms with Crippen molar-refractivity contribution in [3.8, 4) is 5.69 Å². The van der Waals surface area contributed by atoms with Crippen LogP contribution in [0.25, 0.3) is 21.4 Å². The minimum Gasteiger partial charge on any atom is -0.250 e. The van der Waals surface area contributed by atoms with E-state index in [2.05, 4.69) is 9.94 Å². The zero-order valence-corrected chi connectivity index (χ0v) is 9.04. The lowest BCUT2D eigenvalue weighted by molar-refractivity contribution is 0.900. The van der Waals surface area contributed by atoms with Crippen LogP contribution < -0.4 is 0 Å². The lowest BCUT2D eigenvalue weighted by atomic mass is 10.2. The lowest BCUT2D eigenvalue weighted by Gasteiger charge is -2.02. The van der Waals surface area contributed by atoms with Gasteiger partial charge in [-0.15, -0.1) is 0 Å². The van der Waals surface area contributed by atoms with Crippen molar-refractivity contribution in [1.29, 1.82) is 0 Å². The minimum atomic E-state index is 0.611. The van der Waals surface area contributed by atoms with Gasteiger partial charge in [-0.3, -0.25) is 4.68 Å². The van der Waals surface area contributed by atoms with E-state index in [1.54, 1.807) is 10.7 Å². The molecule has 0 bridgehead atoms. The third-order valence-electron chi connectivity index (χ3n) is 2.66. The first-order valence-corrected chi connectivity index (χ1v) is 5.30. The maximum atomic E-state index is 7.15. The van der Waals surface area contributed by atoms with Crippen LogP contribution in [0.3, 0.4) is 0 Å². The number of hydrogen-bond acceptors (Lipinski definition) is 1. The SMILES string of the molecule is [C-]#[N+]c1ccccc1-n1cc2ccccc2n1. The van der Waals surface area contributed by atoms with Gasteiger partial charge in [-0.2, -0.15) is 5.10 Å². The summed E-state index contributed by atoms with van der Waals surface area (Å²) in [6.45, 7) is 7.15. The van der Waals surface area contributed by atoms with Crippen molar-refractivity contribution >= 4 is 16.6 Å². The number of fused-ring (bicyclic) bond motifs is 1. The highest BCUT2D eigenvalue weighted by molar-refractivity contribution is 5.79. The predicted octanol–water partition coefficient (Wildman–Crippen LogP) is 3.58. The van der Waals surface area contributed by atoms with Gasteiger partial charge in [0.15, 0.2) is 0 Å². The molecule has 3 rings (SSSR count). The van der Waals surface area contributed by atoms with E-state index in [0.717, 1.165) is 16.6 Å². The Kier molecular flexibility index (Phi) is 2.13. The Labute approximate surface area is 98.7 Å². The summed E-state index contributed by atoms with van der Waals surface area (Å²) in [4.78, 5) is 3.51. The van der Waals surface area contributed by atoms with Gasteiger partial charge >= 0.3 is 0 Å². The normalized spacial score (nSPS) is 10.3. The van der Waals surface area contributed by atoms with Crippen LogP contribution in [0.4, 0.5) is 5.69 Å². The average molecular weight is 219 g/mol. The second-order valence-electron chi connectivity index (χ2n) is 3.73. The first-order chi connectivity index (χ1) is 8.38. The van der Waals surface area contributed by atoms with Gasteiger partial charge in [0.2, 0.25) is 5.69 Å². The maximum Gasteiger partial charge on any atom is 0.212 e. The number of benzene rings is 2. The topological polar surface area (TPSA) is 22.2 Å². The zero-order chi connectivity index (χ0) is 11.7. The Hall–Kier alpha value is -2.60. The highest BCUT2D eigenvalue weighted by Crippen LogP contribution is 2.24. The van der Waals surface area contributed by atoms with E-state index < -0.39 is 0 Å². The van der Waals surface area contributed by atoms with Gasteiger partial charge in [-0.1, -0.05) is 36.4 Å². The van der Waals surface area contributed by atoms with Gasteiger partial charge in [-0.05, 0) is 12.1 Å².